The average Bonchev–Trinajstić information content (AvgIpc) is 3.69. The Morgan fingerprint density at radius 3 is 1.95 bits per heavy atom. The number of para-hydroxylation sites is 3. The van der Waals surface area contributed by atoms with Gasteiger partial charge in [-0.2, -0.15) is 0 Å². The number of hydrogen-bond acceptors (Lipinski definition) is 4. The van der Waals surface area contributed by atoms with E-state index in [1.807, 2.05) is 18.2 Å². The van der Waals surface area contributed by atoms with E-state index in [2.05, 4.69) is 215 Å². The first kappa shape index (κ1) is 34.9. The standard InChI is InChI=1S/C56H38N4O/c1-4-15-37(16-5-1)38-27-29-40(30-28-38)46-36-53(58-56(57-46)41-18-6-2-7-19-41)60-49-25-14-23-45(55(49)54-44-22-11-10-17-39(44)31-34-50(54)60)42-32-33-48-52(35-42)61-51-26-13-12-24-47(51)59(48)43-20-8-3-9-21-43/h1-36,46H,(H,57,58). The highest BCUT2D eigenvalue weighted by Gasteiger charge is 2.28. The first-order valence-electron chi connectivity index (χ1n) is 20.7. The van der Waals surface area contributed by atoms with Gasteiger partial charge in [0, 0.05) is 22.0 Å². The van der Waals surface area contributed by atoms with Crippen molar-refractivity contribution in [3.05, 3.63) is 230 Å². The molecule has 1 aromatic heterocycles. The summed E-state index contributed by atoms with van der Waals surface area (Å²) >= 11 is 0. The molecule has 12 rings (SSSR count). The van der Waals surface area contributed by atoms with E-state index in [1.54, 1.807) is 0 Å². The maximum absolute atomic E-state index is 6.72. The summed E-state index contributed by atoms with van der Waals surface area (Å²) in [5, 5.41) is 8.55. The maximum Gasteiger partial charge on any atom is 0.152 e. The molecule has 0 saturated heterocycles. The van der Waals surface area contributed by atoms with E-state index < -0.39 is 0 Å². The largest absolute Gasteiger partial charge is 0.453 e. The minimum atomic E-state index is -0.128. The smallest absolute Gasteiger partial charge is 0.152 e. The predicted molar refractivity (Wildman–Crippen MR) is 252 cm³/mol. The molecule has 2 aliphatic rings. The van der Waals surface area contributed by atoms with Gasteiger partial charge in [0.2, 0.25) is 0 Å². The number of nitrogens with one attached hydrogen (secondary N) is 1. The summed E-state index contributed by atoms with van der Waals surface area (Å²) in [5.41, 5.74) is 12.1. The fourth-order valence-corrected chi connectivity index (χ4v) is 9.18. The van der Waals surface area contributed by atoms with Crippen LogP contribution in [-0.4, -0.2) is 10.4 Å². The molecular formula is C56H38N4O. The monoisotopic (exact) mass is 782 g/mol. The molecule has 0 fully saturated rings. The molecule has 0 amide bonds. The zero-order valence-corrected chi connectivity index (χ0v) is 33.1. The second kappa shape index (κ2) is 14.3. The first-order valence-corrected chi connectivity index (χ1v) is 20.7. The molecule has 0 bridgehead atoms. The Hall–Kier alpha value is -8.15. The van der Waals surface area contributed by atoms with Crippen LogP contribution >= 0.6 is 0 Å². The van der Waals surface area contributed by atoms with Gasteiger partial charge in [0.25, 0.3) is 0 Å². The summed E-state index contributed by atoms with van der Waals surface area (Å²) in [6, 6.07) is 75.0. The van der Waals surface area contributed by atoms with Crippen LogP contribution in [0.1, 0.15) is 17.2 Å². The lowest BCUT2D eigenvalue weighted by Crippen LogP contribution is -2.31. The van der Waals surface area contributed by atoms with Crippen LogP contribution in [0, 0.1) is 0 Å². The summed E-state index contributed by atoms with van der Waals surface area (Å²) in [6.45, 7) is 0. The average molecular weight is 783 g/mol. The van der Waals surface area contributed by atoms with Crippen molar-refractivity contribution in [1.29, 1.82) is 0 Å². The van der Waals surface area contributed by atoms with E-state index in [0.29, 0.717) is 0 Å². The van der Waals surface area contributed by atoms with E-state index >= 15 is 0 Å². The predicted octanol–water partition coefficient (Wildman–Crippen LogP) is 14.4. The van der Waals surface area contributed by atoms with E-state index in [-0.39, 0.29) is 6.04 Å². The molecule has 0 aliphatic carbocycles. The van der Waals surface area contributed by atoms with Crippen molar-refractivity contribution in [2.45, 2.75) is 6.04 Å². The van der Waals surface area contributed by atoms with Crippen LogP contribution in [0.15, 0.2) is 223 Å². The number of aliphatic imine (C=N–C) groups is 1. The molecule has 1 N–H and O–H groups in total. The first-order chi connectivity index (χ1) is 30.2. The lowest BCUT2D eigenvalue weighted by atomic mass is 9.96. The van der Waals surface area contributed by atoms with Crippen LogP contribution in [0.3, 0.4) is 0 Å². The zero-order chi connectivity index (χ0) is 40.3. The molecule has 9 aromatic carbocycles. The van der Waals surface area contributed by atoms with E-state index in [9.17, 15) is 0 Å². The Morgan fingerprint density at radius 2 is 1.13 bits per heavy atom. The topological polar surface area (TPSA) is 41.8 Å². The molecule has 3 heterocycles. The van der Waals surface area contributed by atoms with E-state index in [4.69, 9.17) is 9.73 Å². The van der Waals surface area contributed by atoms with Gasteiger partial charge in [0.05, 0.1) is 28.5 Å². The van der Waals surface area contributed by atoms with Crippen molar-refractivity contribution >= 4 is 61.3 Å². The molecule has 0 saturated carbocycles. The minimum absolute atomic E-state index is 0.128. The highest BCUT2D eigenvalue weighted by atomic mass is 16.5. The highest BCUT2D eigenvalue weighted by Crippen LogP contribution is 2.52. The second-order valence-electron chi connectivity index (χ2n) is 15.6. The van der Waals surface area contributed by atoms with Crippen molar-refractivity contribution < 1.29 is 4.74 Å². The number of anilines is 3. The second-order valence-corrected chi connectivity index (χ2v) is 15.6. The SMILES string of the molecule is C1=C(n2c3cccc(-c4ccc5c(c4)Oc4ccccc4N5c4ccccc4)c3c3c4ccccc4ccc32)N=C(c2ccccc2)NC1c1ccc(-c2ccccc2)cc1. The summed E-state index contributed by atoms with van der Waals surface area (Å²) < 4.78 is 9.08. The van der Waals surface area contributed by atoms with Crippen LogP contribution in [0.2, 0.25) is 0 Å². The van der Waals surface area contributed by atoms with Gasteiger partial charge in [-0.25, -0.2) is 4.99 Å². The molecular weight excluding hydrogens is 745 g/mol. The number of rotatable bonds is 6. The number of nitrogens with zero attached hydrogens (tertiary/aromatic N) is 3. The quantitative estimate of drug-likeness (QED) is 0.183. The van der Waals surface area contributed by atoms with Gasteiger partial charge in [0.15, 0.2) is 11.5 Å². The molecule has 0 spiro atoms. The molecule has 1 unspecified atom stereocenters. The zero-order valence-electron chi connectivity index (χ0n) is 33.1. The van der Waals surface area contributed by atoms with Crippen molar-refractivity contribution in [2.75, 3.05) is 4.90 Å². The Labute approximate surface area is 353 Å². The summed E-state index contributed by atoms with van der Waals surface area (Å²) in [6.07, 6.45) is 2.27. The lowest BCUT2D eigenvalue weighted by Gasteiger charge is -2.33. The van der Waals surface area contributed by atoms with Gasteiger partial charge in [0.1, 0.15) is 11.7 Å². The summed E-state index contributed by atoms with van der Waals surface area (Å²) in [4.78, 5) is 7.73. The molecule has 288 valence electrons. The van der Waals surface area contributed by atoms with E-state index in [0.717, 1.165) is 73.5 Å². The molecule has 5 nitrogen and oxygen atoms in total. The lowest BCUT2D eigenvalue weighted by molar-refractivity contribution is 0.477. The van der Waals surface area contributed by atoms with Gasteiger partial charge in [-0.15, -0.1) is 0 Å². The fraction of sp³-hybridized carbons (Fsp3) is 0.0179. The Bertz CT molecular complexity index is 3350. The van der Waals surface area contributed by atoms with Crippen LogP contribution in [0.5, 0.6) is 11.5 Å². The molecule has 1 atom stereocenters. The number of fused-ring (bicyclic) bond motifs is 7. The Morgan fingerprint density at radius 1 is 0.475 bits per heavy atom. The maximum atomic E-state index is 6.72. The van der Waals surface area contributed by atoms with Crippen LogP contribution < -0.4 is 15.0 Å². The fourth-order valence-electron chi connectivity index (χ4n) is 9.18. The number of ether oxygens (including phenoxy) is 1. The van der Waals surface area contributed by atoms with Crippen molar-refractivity contribution in [2.24, 2.45) is 4.99 Å². The molecule has 10 aromatic rings. The van der Waals surface area contributed by atoms with Crippen LogP contribution in [0.4, 0.5) is 17.1 Å². The van der Waals surface area contributed by atoms with Crippen molar-refractivity contribution in [1.82, 2.24) is 9.88 Å². The third kappa shape index (κ3) is 5.89. The Balaban J connectivity index is 1.06. The van der Waals surface area contributed by atoms with Crippen molar-refractivity contribution in [3.63, 3.8) is 0 Å². The van der Waals surface area contributed by atoms with Gasteiger partial charge < -0.3 is 15.0 Å². The van der Waals surface area contributed by atoms with Crippen LogP contribution in [-0.2, 0) is 0 Å². The molecule has 5 heteroatoms. The minimum Gasteiger partial charge on any atom is -0.453 e. The molecule has 2 aliphatic heterocycles. The number of amidine groups is 1. The van der Waals surface area contributed by atoms with E-state index in [1.165, 1.54) is 32.7 Å². The van der Waals surface area contributed by atoms with Crippen LogP contribution in [0.25, 0.3) is 60.7 Å². The third-order valence-corrected chi connectivity index (χ3v) is 12.0. The number of hydrogen-bond donors (Lipinski definition) is 1. The highest BCUT2D eigenvalue weighted by molar-refractivity contribution is 6.25. The molecule has 61 heavy (non-hydrogen) atoms. The third-order valence-electron chi connectivity index (χ3n) is 12.0. The number of benzene rings is 9. The van der Waals surface area contributed by atoms with Gasteiger partial charge >= 0.3 is 0 Å². The Kier molecular flexibility index (Phi) is 8.17. The van der Waals surface area contributed by atoms with Gasteiger partial charge in [-0.1, -0.05) is 164 Å². The van der Waals surface area contributed by atoms with Gasteiger partial charge in [-0.05, 0) is 93.2 Å². The van der Waals surface area contributed by atoms with Gasteiger partial charge in [-0.3, -0.25) is 4.57 Å². The molecule has 0 radical (unpaired) electrons. The number of aromatic nitrogens is 1. The summed E-state index contributed by atoms with van der Waals surface area (Å²) in [5.74, 6) is 3.33. The van der Waals surface area contributed by atoms with Crippen molar-refractivity contribution in [3.8, 4) is 33.8 Å². The summed E-state index contributed by atoms with van der Waals surface area (Å²) in [7, 11) is 0. The normalized spacial score (nSPS) is 14.5.